The number of benzene rings is 2. The molecule has 3 aromatic rings. The van der Waals surface area contributed by atoms with Crippen molar-refractivity contribution in [2.45, 2.75) is 52.9 Å². The fourth-order valence-corrected chi connectivity index (χ4v) is 3.25. The monoisotopic (exact) mass is 280 g/mol. The molecule has 3 rings (SSSR count). The molecule has 0 saturated carbocycles. The molecular formula is C20H24O. The van der Waals surface area contributed by atoms with E-state index in [2.05, 4.69) is 71.9 Å². The molecular weight excluding hydrogens is 256 g/mol. The second-order valence-corrected chi connectivity index (χ2v) is 7.40. The molecule has 1 aromatic heterocycles. The second-order valence-electron chi connectivity index (χ2n) is 7.40. The van der Waals surface area contributed by atoms with Crippen molar-refractivity contribution in [2.75, 3.05) is 0 Å². The Morgan fingerprint density at radius 2 is 1.62 bits per heavy atom. The summed E-state index contributed by atoms with van der Waals surface area (Å²) in [4.78, 5) is 0. The Morgan fingerprint density at radius 1 is 0.952 bits per heavy atom. The predicted molar refractivity (Wildman–Crippen MR) is 91.2 cm³/mol. The van der Waals surface area contributed by atoms with E-state index < -0.39 is 0 Å². The molecule has 1 heteroatoms. The summed E-state index contributed by atoms with van der Waals surface area (Å²) in [5.74, 6) is 0.520. The number of fused-ring (bicyclic) bond motifs is 3. The topological polar surface area (TPSA) is 13.1 Å². The molecule has 1 nitrogen and oxygen atoms in total. The van der Waals surface area contributed by atoms with E-state index in [0.717, 1.165) is 11.2 Å². The van der Waals surface area contributed by atoms with Crippen LogP contribution in [0.4, 0.5) is 0 Å². The molecule has 1 heterocycles. The van der Waals surface area contributed by atoms with E-state index in [4.69, 9.17) is 4.42 Å². The Morgan fingerprint density at radius 3 is 2.24 bits per heavy atom. The second kappa shape index (κ2) is 4.62. The van der Waals surface area contributed by atoms with Crippen LogP contribution in [0.15, 0.2) is 34.7 Å². The summed E-state index contributed by atoms with van der Waals surface area (Å²) in [6.07, 6.45) is 0. The highest BCUT2D eigenvalue weighted by molar-refractivity contribution is 6.06. The lowest BCUT2D eigenvalue weighted by molar-refractivity contribution is 0.569. The van der Waals surface area contributed by atoms with Crippen LogP contribution in [0.25, 0.3) is 21.9 Å². The summed E-state index contributed by atoms with van der Waals surface area (Å²) < 4.78 is 6.28. The average molecular weight is 280 g/mol. The quantitative estimate of drug-likeness (QED) is 0.508. The first-order valence-corrected chi connectivity index (χ1v) is 7.75. The van der Waals surface area contributed by atoms with Crippen LogP contribution in [0.3, 0.4) is 0 Å². The van der Waals surface area contributed by atoms with Crippen LogP contribution in [-0.2, 0) is 5.41 Å². The molecule has 2 aromatic carbocycles. The molecule has 0 spiro atoms. The van der Waals surface area contributed by atoms with Crippen LogP contribution < -0.4 is 0 Å². The van der Waals surface area contributed by atoms with Gasteiger partial charge in [-0.25, -0.2) is 0 Å². The summed E-state index contributed by atoms with van der Waals surface area (Å²) in [5, 5.41) is 2.45. The van der Waals surface area contributed by atoms with E-state index in [-0.39, 0.29) is 5.41 Å². The van der Waals surface area contributed by atoms with Gasteiger partial charge in [0.15, 0.2) is 0 Å². The molecule has 110 valence electrons. The third kappa shape index (κ3) is 2.25. The zero-order chi connectivity index (χ0) is 15.4. The van der Waals surface area contributed by atoms with Crippen molar-refractivity contribution in [1.29, 1.82) is 0 Å². The van der Waals surface area contributed by atoms with Crippen LogP contribution in [0.1, 0.15) is 57.2 Å². The minimum atomic E-state index is 0.0817. The van der Waals surface area contributed by atoms with Gasteiger partial charge in [0.1, 0.15) is 11.2 Å². The van der Waals surface area contributed by atoms with Gasteiger partial charge in [-0.05, 0) is 35.4 Å². The van der Waals surface area contributed by atoms with Gasteiger partial charge in [-0.1, -0.05) is 58.9 Å². The van der Waals surface area contributed by atoms with Crippen LogP contribution >= 0.6 is 0 Å². The van der Waals surface area contributed by atoms with Crippen molar-refractivity contribution in [3.8, 4) is 0 Å². The standard InChI is InChI=1S/C20H24O/c1-12(2)14-8-10-15-16-9-7-13(3)18(20(4,5)6)19(16)21-17(15)11-14/h7-12H,1-6H3. The van der Waals surface area contributed by atoms with Crippen molar-refractivity contribution >= 4 is 21.9 Å². The molecule has 0 radical (unpaired) electrons. The van der Waals surface area contributed by atoms with Crippen LogP contribution in [0.5, 0.6) is 0 Å². The molecule has 0 aliphatic heterocycles. The Balaban J connectivity index is 2.40. The van der Waals surface area contributed by atoms with Crippen molar-refractivity contribution in [2.24, 2.45) is 0 Å². The van der Waals surface area contributed by atoms with Gasteiger partial charge in [0.2, 0.25) is 0 Å². The zero-order valence-electron chi connectivity index (χ0n) is 13.9. The van der Waals surface area contributed by atoms with Gasteiger partial charge in [0.05, 0.1) is 0 Å². The van der Waals surface area contributed by atoms with Gasteiger partial charge < -0.3 is 4.42 Å². The summed E-state index contributed by atoms with van der Waals surface area (Å²) in [6, 6.07) is 11.0. The predicted octanol–water partition coefficient (Wildman–Crippen LogP) is 6.32. The Labute approximate surface area is 127 Å². The third-order valence-corrected chi connectivity index (χ3v) is 4.29. The molecule has 0 bridgehead atoms. The number of furan rings is 1. The zero-order valence-corrected chi connectivity index (χ0v) is 13.9. The molecule has 0 fully saturated rings. The highest BCUT2D eigenvalue weighted by Crippen LogP contribution is 2.38. The van der Waals surface area contributed by atoms with Crippen molar-refractivity contribution in [1.82, 2.24) is 0 Å². The number of aryl methyl sites for hydroxylation is 1. The number of hydrogen-bond acceptors (Lipinski definition) is 1. The third-order valence-electron chi connectivity index (χ3n) is 4.29. The van der Waals surface area contributed by atoms with E-state index in [1.807, 2.05) is 0 Å². The van der Waals surface area contributed by atoms with E-state index in [0.29, 0.717) is 5.92 Å². The Hall–Kier alpha value is -1.76. The fraction of sp³-hybridized carbons (Fsp3) is 0.400. The molecule has 0 atom stereocenters. The SMILES string of the molecule is Cc1ccc2c(oc3cc(C(C)C)ccc32)c1C(C)(C)C. The van der Waals surface area contributed by atoms with Gasteiger partial charge in [0.25, 0.3) is 0 Å². The molecule has 21 heavy (non-hydrogen) atoms. The number of rotatable bonds is 1. The normalized spacial score (nSPS) is 12.7. The first kappa shape index (κ1) is 14.2. The van der Waals surface area contributed by atoms with E-state index in [1.54, 1.807) is 0 Å². The van der Waals surface area contributed by atoms with Crippen molar-refractivity contribution in [3.05, 3.63) is 47.0 Å². The first-order valence-electron chi connectivity index (χ1n) is 7.75. The van der Waals surface area contributed by atoms with Crippen LogP contribution in [0, 0.1) is 6.92 Å². The van der Waals surface area contributed by atoms with Crippen LogP contribution in [0.2, 0.25) is 0 Å². The van der Waals surface area contributed by atoms with Crippen LogP contribution in [-0.4, -0.2) is 0 Å². The van der Waals surface area contributed by atoms with E-state index >= 15 is 0 Å². The maximum Gasteiger partial charge on any atom is 0.139 e. The van der Waals surface area contributed by atoms with Gasteiger partial charge in [-0.15, -0.1) is 0 Å². The lowest BCUT2D eigenvalue weighted by Gasteiger charge is -2.21. The first-order chi connectivity index (χ1) is 9.79. The highest BCUT2D eigenvalue weighted by Gasteiger charge is 2.23. The van der Waals surface area contributed by atoms with Gasteiger partial charge in [-0.2, -0.15) is 0 Å². The summed E-state index contributed by atoms with van der Waals surface area (Å²) >= 11 is 0. The molecule has 0 aliphatic rings. The average Bonchev–Trinajstić information content (AvgIpc) is 2.73. The van der Waals surface area contributed by atoms with E-state index in [1.165, 1.54) is 27.5 Å². The van der Waals surface area contributed by atoms with Gasteiger partial charge in [-0.3, -0.25) is 0 Å². The minimum absolute atomic E-state index is 0.0817. The summed E-state index contributed by atoms with van der Waals surface area (Å²) in [5.41, 5.74) is 6.10. The Kier molecular flexibility index (Phi) is 3.12. The lowest BCUT2D eigenvalue weighted by atomic mass is 9.83. The molecule has 0 saturated heterocycles. The maximum absolute atomic E-state index is 6.28. The number of hydrogen-bond donors (Lipinski definition) is 0. The smallest absolute Gasteiger partial charge is 0.139 e. The van der Waals surface area contributed by atoms with E-state index in [9.17, 15) is 0 Å². The molecule has 0 aliphatic carbocycles. The van der Waals surface area contributed by atoms with Crippen molar-refractivity contribution in [3.63, 3.8) is 0 Å². The highest BCUT2D eigenvalue weighted by atomic mass is 16.3. The van der Waals surface area contributed by atoms with Gasteiger partial charge >= 0.3 is 0 Å². The Bertz CT molecular complexity index is 813. The van der Waals surface area contributed by atoms with Crippen molar-refractivity contribution < 1.29 is 4.42 Å². The molecule has 0 N–H and O–H groups in total. The summed E-state index contributed by atoms with van der Waals surface area (Å²) in [7, 11) is 0. The minimum Gasteiger partial charge on any atom is -0.456 e. The fourth-order valence-electron chi connectivity index (χ4n) is 3.25. The lowest BCUT2D eigenvalue weighted by Crippen LogP contribution is -2.13. The molecule has 0 amide bonds. The largest absolute Gasteiger partial charge is 0.456 e. The maximum atomic E-state index is 6.28. The summed E-state index contributed by atoms with van der Waals surface area (Å²) in [6.45, 7) is 13.4. The molecule has 0 unspecified atom stereocenters. The van der Waals surface area contributed by atoms with Gasteiger partial charge in [0, 0.05) is 16.3 Å².